The zero-order valence-electron chi connectivity index (χ0n) is 17.8. The van der Waals surface area contributed by atoms with Crippen LogP contribution in [0.4, 0.5) is 4.39 Å². The van der Waals surface area contributed by atoms with Crippen LogP contribution in [0, 0.1) is 11.7 Å². The van der Waals surface area contributed by atoms with Gasteiger partial charge in [-0.15, -0.1) is 0 Å². The minimum Gasteiger partial charge on any atom is -0.379 e. The van der Waals surface area contributed by atoms with Crippen LogP contribution in [-0.4, -0.2) is 98.3 Å². The number of benzene rings is 1. The normalized spacial score (nSPS) is 24.9. The van der Waals surface area contributed by atoms with E-state index < -0.39 is 10.2 Å². The maximum atomic E-state index is 13.5. The number of nitrogens with zero attached hydrogens (tertiary/aromatic N) is 4. The van der Waals surface area contributed by atoms with Gasteiger partial charge in [0.15, 0.2) is 0 Å². The first-order valence-electron chi connectivity index (χ1n) is 11.0. The van der Waals surface area contributed by atoms with Gasteiger partial charge in [-0.2, -0.15) is 17.0 Å². The van der Waals surface area contributed by atoms with Gasteiger partial charge in [-0.1, -0.05) is 12.1 Å². The van der Waals surface area contributed by atoms with Gasteiger partial charge in [0.1, 0.15) is 5.82 Å². The molecule has 10 heteroatoms. The highest BCUT2D eigenvalue weighted by Gasteiger charge is 2.36. The molecule has 0 bridgehead atoms. The topological polar surface area (TPSA) is 73.4 Å². The number of morpholine rings is 1. The van der Waals surface area contributed by atoms with Crippen LogP contribution in [0.15, 0.2) is 24.3 Å². The van der Waals surface area contributed by atoms with E-state index in [-0.39, 0.29) is 17.6 Å². The molecule has 3 heterocycles. The fourth-order valence-corrected chi connectivity index (χ4v) is 6.19. The molecule has 4 rings (SSSR count). The number of amides is 1. The molecule has 3 aliphatic rings. The molecule has 1 unspecified atom stereocenters. The second-order valence-corrected chi connectivity index (χ2v) is 10.4. The highest BCUT2D eigenvalue weighted by Crippen LogP contribution is 2.22. The Morgan fingerprint density at radius 2 is 1.74 bits per heavy atom. The van der Waals surface area contributed by atoms with Crippen molar-refractivity contribution in [2.75, 3.05) is 65.6 Å². The minimum absolute atomic E-state index is 0.0929. The van der Waals surface area contributed by atoms with E-state index >= 15 is 0 Å². The van der Waals surface area contributed by atoms with Crippen LogP contribution in [0.3, 0.4) is 0 Å². The molecule has 0 aromatic heterocycles. The van der Waals surface area contributed by atoms with Gasteiger partial charge >= 0.3 is 0 Å². The van der Waals surface area contributed by atoms with Gasteiger partial charge in [0.05, 0.1) is 19.1 Å². The molecule has 1 amide bonds. The van der Waals surface area contributed by atoms with Crippen molar-refractivity contribution >= 4 is 16.1 Å². The number of rotatable bonds is 5. The third-order valence-electron chi connectivity index (χ3n) is 6.32. The predicted molar refractivity (Wildman–Crippen MR) is 114 cm³/mol. The SMILES string of the molecule is O=C(C1CCCN(Cc2cccc(F)c2)C1)N1CCN(S(=O)(=O)N2CCOCC2)CC1. The Labute approximate surface area is 183 Å². The lowest BCUT2D eigenvalue weighted by atomic mass is 9.95. The fourth-order valence-electron chi connectivity index (χ4n) is 4.63. The Kier molecular flexibility index (Phi) is 7.22. The minimum atomic E-state index is -3.50. The molecule has 8 nitrogen and oxygen atoms in total. The number of halogens is 1. The van der Waals surface area contributed by atoms with E-state index in [4.69, 9.17) is 4.74 Å². The second kappa shape index (κ2) is 9.91. The summed E-state index contributed by atoms with van der Waals surface area (Å²) in [4.78, 5) is 17.1. The standard InChI is InChI=1S/C21H31FN4O4S/c22-20-5-1-3-18(15-20)16-23-6-2-4-19(17-23)21(27)24-7-9-25(10-8-24)31(28,29)26-11-13-30-14-12-26/h1,3,5,15,19H,2,4,6-14,16-17H2. The van der Waals surface area contributed by atoms with E-state index in [1.807, 2.05) is 11.0 Å². The average molecular weight is 455 g/mol. The Bertz CT molecular complexity index is 870. The van der Waals surface area contributed by atoms with Crippen molar-refractivity contribution < 1.29 is 22.3 Å². The fraction of sp³-hybridized carbons (Fsp3) is 0.667. The molecule has 31 heavy (non-hydrogen) atoms. The number of carbonyl (C=O) groups excluding carboxylic acids is 1. The number of hydrogen-bond donors (Lipinski definition) is 0. The monoisotopic (exact) mass is 454 g/mol. The number of carbonyl (C=O) groups is 1. The van der Waals surface area contributed by atoms with Crippen molar-refractivity contribution in [2.45, 2.75) is 19.4 Å². The molecule has 3 saturated heterocycles. The molecule has 1 aromatic carbocycles. The van der Waals surface area contributed by atoms with Gasteiger partial charge in [-0.05, 0) is 37.1 Å². The van der Waals surface area contributed by atoms with E-state index in [2.05, 4.69) is 4.90 Å². The summed E-state index contributed by atoms with van der Waals surface area (Å²) in [5, 5.41) is 0. The van der Waals surface area contributed by atoms with Gasteiger partial charge in [0, 0.05) is 52.4 Å². The number of hydrogen-bond acceptors (Lipinski definition) is 5. The zero-order valence-corrected chi connectivity index (χ0v) is 18.6. The summed E-state index contributed by atoms with van der Waals surface area (Å²) >= 11 is 0. The lowest BCUT2D eigenvalue weighted by molar-refractivity contribution is -0.138. The first-order chi connectivity index (χ1) is 14.9. The van der Waals surface area contributed by atoms with E-state index in [1.165, 1.54) is 14.7 Å². The van der Waals surface area contributed by atoms with Crippen LogP contribution in [0.2, 0.25) is 0 Å². The number of piperidine rings is 1. The summed E-state index contributed by atoms with van der Waals surface area (Å²) in [5.41, 5.74) is 0.912. The molecule has 0 saturated carbocycles. The third kappa shape index (κ3) is 5.43. The second-order valence-electron chi connectivity index (χ2n) is 8.45. The summed E-state index contributed by atoms with van der Waals surface area (Å²) in [6.45, 7) is 5.27. The molecule has 3 aliphatic heterocycles. The first-order valence-corrected chi connectivity index (χ1v) is 12.4. The molecule has 1 atom stereocenters. The lowest BCUT2D eigenvalue weighted by Gasteiger charge is -2.40. The summed E-state index contributed by atoms with van der Waals surface area (Å²) in [5.74, 6) is -0.232. The summed E-state index contributed by atoms with van der Waals surface area (Å²) in [6, 6.07) is 6.59. The summed E-state index contributed by atoms with van der Waals surface area (Å²) in [6.07, 6.45) is 1.77. The maximum Gasteiger partial charge on any atom is 0.282 e. The Balaban J connectivity index is 1.30. The van der Waals surface area contributed by atoms with Crippen molar-refractivity contribution in [3.63, 3.8) is 0 Å². The molecule has 0 N–H and O–H groups in total. The Morgan fingerprint density at radius 1 is 1.03 bits per heavy atom. The summed E-state index contributed by atoms with van der Waals surface area (Å²) in [7, 11) is -3.50. The van der Waals surface area contributed by atoms with Crippen molar-refractivity contribution in [3.8, 4) is 0 Å². The van der Waals surface area contributed by atoms with Gasteiger partial charge in [-0.3, -0.25) is 9.69 Å². The molecule has 172 valence electrons. The first kappa shape index (κ1) is 22.6. The molecule has 0 aliphatic carbocycles. The quantitative estimate of drug-likeness (QED) is 0.657. The molecule has 3 fully saturated rings. The van der Waals surface area contributed by atoms with E-state index in [0.717, 1.165) is 24.9 Å². The number of piperazine rings is 1. The zero-order chi connectivity index (χ0) is 21.8. The van der Waals surface area contributed by atoms with Crippen molar-refractivity contribution in [3.05, 3.63) is 35.6 Å². The molecule has 1 aromatic rings. The van der Waals surface area contributed by atoms with Gasteiger partial charge in [0.2, 0.25) is 5.91 Å². The van der Waals surface area contributed by atoms with Gasteiger partial charge in [-0.25, -0.2) is 4.39 Å². The molecular weight excluding hydrogens is 423 g/mol. The Morgan fingerprint density at radius 3 is 2.45 bits per heavy atom. The van der Waals surface area contributed by atoms with Crippen LogP contribution in [0.25, 0.3) is 0 Å². The van der Waals surface area contributed by atoms with Gasteiger partial charge in [0.25, 0.3) is 10.2 Å². The van der Waals surface area contributed by atoms with Crippen LogP contribution in [0.1, 0.15) is 18.4 Å². The van der Waals surface area contributed by atoms with Crippen molar-refractivity contribution in [1.29, 1.82) is 0 Å². The predicted octanol–water partition coefficient (Wildman–Crippen LogP) is 0.759. The van der Waals surface area contributed by atoms with E-state index in [1.54, 1.807) is 12.1 Å². The Hall–Kier alpha value is -1.59. The van der Waals surface area contributed by atoms with Crippen LogP contribution in [0.5, 0.6) is 0 Å². The largest absolute Gasteiger partial charge is 0.379 e. The van der Waals surface area contributed by atoms with E-state index in [0.29, 0.717) is 65.6 Å². The summed E-state index contributed by atoms with van der Waals surface area (Å²) < 4.78 is 47.3. The van der Waals surface area contributed by atoms with Crippen molar-refractivity contribution in [2.24, 2.45) is 5.92 Å². The highest BCUT2D eigenvalue weighted by molar-refractivity contribution is 7.86. The third-order valence-corrected chi connectivity index (χ3v) is 8.36. The number of likely N-dealkylation sites (tertiary alicyclic amines) is 1. The van der Waals surface area contributed by atoms with Crippen LogP contribution >= 0.6 is 0 Å². The lowest BCUT2D eigenvalue weighted by Crippen LogP contribution is -2.57. The van der Waals surface area contributed by atoms with Crippen molar-refractivity contribution in [1.82, 2.24) is 18.4 Å². The van der Waals surface area contributed by atoms with Crippen LogP contribution in [-0.2, 0) is 26.3 Å². The van der Waals surface area contributed by atoms with Gasteiger partial charge < -0.3 is 9.64 Å². The van der Waals surface area contributed by atoms with Crippen LogP contribution < -0.4 is 0 Å². The smallest absolute Gasteiger partial charge is 0.282 e. The maximum absolute atomic E-state index is 13.5. The average Bonchev–Trinajstić information content (AvgIpc) is 2.79. The molecule has 0 radical (unpaired) electrons. The number of ether oxygens (including phenoxy) is 1. The molecule has 0 spiro atoms. The molecular formula is C21H31FN4O4S. The van der Waals surface area contributed by atoms with E-state index in [9.17, 15) is 17.6 Å². The highest BCUT2D eigenvalue weighted by atomic mass is 32.2.